The molecule has 5 aromatic heterocycles. The lowest BCUT2D eigenvalue weighted by molar-refractivity contribution is 0.669. The first-order chi connectivity index (χ1) is 27.3. The molecule has 12 aromatic rings. The van der Waals surface area contributed by atoms with Crippen molar-refractivity contribution in [1.82, 2.24) is 29.1 Å². The second-order valence-electron chi connectivity index (χ2n) is 14.3. The van der Waals surface area contributed by atoms with Gasteiger partial charge in [0.1, 0.15) is 11.2 Å². The molecule has 55 heavy (non-hydrogen) atoms. The van der Waals surface area contributed by atoms with Crippen LogP contribution in [0.3, 0.4) is 0 Å². The SMILES string of the molecule is c1ccc2c(c1)-c1nc(-n3c4ccccc4c4ccccc43)nc3nc(-n4c5ccccc5c5cc(-c6ccc7oc8ccccc8c7c6)ccc54)nc-2c13. The van der Waals surface area contributed by atoms with E-state index in [9.17, 15) is 0 Å². The maximum Gasteiger partial charge on any atom is 0.237 e. The van der Waals surface area contributed by atoms with Gasteiger partial charge in [0.25, 0.3) is 0 Å². The molecule has 13 rings (SSSR count). The second kappa shape index (κ2) is 10.5. The van der Waals surface area contributed by atoms with Crippen LogP contribution in [0.25, 0.3) is 122 Å². The van der Waals surface area contributed by atoms with Gasteiger partial charge in [-0.25, -0.2) is 9.97 Å². The number of hydrogen-bond acceptors (Lipinski definition) is 5. The molecule has 5 heterocycles. The fraction of sp³-hybridized carbons (Fsp3) is 0. The quantitative estimate of drug-likeness (QED) is 0.183. The first-order valence-electron chi connectivity index (χ1n) is 18.4. The summed E-state index contributed by atoms with van der Waals surface area (Å²) in [6, 6.07) is 55.1. The Kier molecular flexibility index (Phi) is 5.51. The molecule has 7 nitrogen and oxygen atoms in total. The minimum atomic E-state index is 0.572. The second-order valence-corrected chi connectivity index (χ2v) is 14.3. The van der Waals surface area contributed by atoms with Crippen LogP contribution in [-0.2, 0) is 0 Å². The number of rotatable bonds is 3. The lowest BCUT2D eigenvalue weighted by Crippen LogP contribution is -2.06. The Morgan fingerprint density at radius 3 is 1.44 bits per heavy atom. The predicted octanol–water partition coefficient (Wildman–Crippen LogP) is 11.8. The Hall–Kier alpha value is -7.64. The van der Waals surface area contributed by atoms with E-state index in [2.05, 4.69) is 155 Å². The summed E-state index contributed by atoms with van der Waals surface area (Å²) in [5, 5.41) is 7.67. The Balaban J connectivity index is 1.06. The number of benzene rings is 7. The van der Waals surface area contributed by atoms with Crippen LogP contribution < -0.4 is 0 Å². The summed E-state index contributed by atoms with van der Waals surface area (Å²) >= 11 is 0. The van der Waals surface area contributed by atoms with Crippen molar-refractivity contribution >= 4 is 76.6 Å². The minimum absolute atomic E-state index is 0.572. The molecule has 0 atom stereocenters. The van der Waals surface area contributed by atoms with E-state index in [1.807, 2.05) is 12.1 Å². The highest BCUT2D eigenvalue weighted by atomic mass is 16.3. The Morgan fingerprint density at radius 2 is 0.818 bits per heavy atom. The van der Waals surface area contributed by atoms with E-state index in [4.69, 9.17) is 24.4 Å². The molecule has 0 radical (unpaired) electrons. The molecular weight excluding hydrogens is 677 g/mol. The molecule has 7 heteroatoms. The van der Waals surface area contributed by atoms with E-state index in [1.165, 1.54) is 0 Å². The first-order valence-corrected chi connectivity index (χ1v) is 18.4. The van der Waals surface area contributed by atoms with Gasteiger partial charge in [-0.1, -0.05) is 109 Å². The molecule has 0 N–H and O–H groups in total. The van der Waals surface area contributed by atoms with Crippen LogP contribution >= 0.6 is 0 Å². The summed E-state index contributed by atoms with van der Waals surface area (Å²) < 4.78 is 10.5. The average Bonchev–Trinajstić information content (AvgIpc) is 3.97. The molecule has 7 aromatic carbocycles. The van der Waals surface area contributed by atoms with Gasteiger partial charge < -0.3 is 4.42 Å². The summed E-state index contributed by atoms with van der Waals surface area (Å²) in [4.78, 5) is 21.2. The summed E-state index contributed by atoms with van der Waals surface area (Å²) in [5.41, 5.74) is 12.6. The molecule has 0 aliphatic heterocycles. The zero-order valence-corrected chi connectivity index (χ0v) is 29.1. The maximum atomic E-state index is 6.14. The van der Waals surface area contributed by atoms with Gasteiger partial charge in [-0.3, -0.25) is 9.13 Å². The molecular formula is C48H26N6O. The number of furan rings is 1. The fourth-order valence-corrected chi connectivity index (χ4v) is 8.91. The number of fused-ring (bicyclic) bond motifs is 12. The highest BCUT2D eigenvalue weighted by Crippen LogP contribution is 2.46. The normalized spacial score (nSPS) is 12.4. The smallest absolute Gasteiger partial charge is 0.237 e. The largest absolute Gasteiger partial charge is 0.456 e. The van der Waals surface area contributed by atoms with E-state index in [-0.39, 0.29) is 0 Å². The molecule has 0 unspecified atom stereocenters. The fourth-order valence-electron chi connectivity index (χ4n) is 8.91. The van der Waals surface area contributed by atoms with E-state index in [0.29, 0.717) is 17.5 Å². The van der Waals surface area contributed by atoms with Gasteiger partial charge in [0.05, 0.1) is 38.8 Å². The van der Waals surface area contributed by atoms with Crippen molar-refractivity contribution in [3.63, 3.8) is 0 Å². The average molecular weight is 703 g/mol. The summed E-state index contributed by atoms with van der Waals surface area (Å²) in [5.74, 6) is 1.16. The topological polar surface area (TPSA) is 74.6 Å². The number of para-hydroxylation sites is 4. The Morgan fingerprint density at radius 1 is 0.364 bits per heavy atom. The third-order valence-corrected chi connectivity index (χ3v) is 11.3. The molecule has 0 spiro atoms. The van der Waals surface area contributed by atoms with Crippen molar-refractivity contribution in [1.29, 1.82) is 0 Å². The number of aromatic nitrogens is 6. The van der Waals surface area contributed by atoms with E-state index >= 15 is 0 Å². The molecule has 0 saturated heterocycles. The van der Waals surface area contributed by atoms with Crippen LogP contribution in [0.15, 0.2) is 162 Å². The Labute approximate surface area is 312 Å². The van der Waals surface area contributed by atoms with Gasteiger partial charge in [-0.05, 0) is 59.7 Å². The van der Waals surface area contributed by atoms with Crippen molar-refractivity contribution in [3.05, 3.63) is 158 Å². The molecule has 0 bridgehead atoms. The van der Waals surface area contributed by atoms with Crippen LogP contribution in [0, 0.1) is 0 Å². The highest BCUT2D eigenvalue weighted by molar-refractivity contribution is 6.14. The number of nitrogens with zero attached hydrogens (tertiary/aromatic N) is 6. The van der Waals surface area contributed by atoms with Crippen molar-refractivity contribution in [2.45, 2.75) is 0 Å². The summed E-state index contributed by atoms with van der Waals surface area (Å²) in [6.07, 6.45) is 0. The third kappa shape index (κ3) is 3.88. The van der Waals surface area contributed by atoms with Crippen molar-refractivity contribution in [3.8, 4) is 45.5 Å². The summed E-state index contributed by atoms with van der Waals surface area (Å²) in [7, 11) is 0. The van der Waals surface area contributed by atoms with Gasteiger partial charge in [0.15, 0.2) is 5.65 Å². The van der Waals surface area contributed by atoms with Crippen molar-refractivity contribution in [2.75, 3.05) is 0 Å². The minimum Gasteiger partial charge on any atom is -0.456 e. The van der Waals surface area contributed by atoms with Crippen LogP contribution in [-0.4, -0.2) is 29.1 Å². The summed E-state index contributed by atoms with van der Waals surface area (Å²) in [6.45, 7) is 0. The van der Waals surface area contributed by atoms with Crippen LogP contribution in [0.1, 0.15) is 0 Å². The molecule has 1 aliphatic carbocycles. The van der Waals surface area contributed by atoms with Gasteiger partial charge in [0, 0.05) is 43.4 Å². The van der Waals surface area contributed by atoms with Crippen LogP contribution in [0.2, 0.25) is 0 Å². The van der Waals surface area contributed by atoms with Crippen LogP contribution in [0.5, 0.6) is 0 Å². The van der Waals surface area contributed by atoms with Gasteiger partial charge >= 0.3 is 0 Å². The highest BCUT2D eigenvalue weighted by Gasteiger charge is 2.29. The standard InChI is InChI=1S/C48H26N6O/c1-2-16-34-33(15-1)44-43-45(34)50-48(52-46(43)51-47(49-44)53-37-17-7-3-11-29(37)30-12-4-8-18-38(30)53)54-39-19-9-5-13-31(39)35-25-27(21-23-40(35)54)28-22-24-42-36(26-28)32-14-6-10-20-41(32)55-42/h1-26H. The van der Waals surface area contributed by atoms with Crippen molar-refractivity contribution in [2.24, 2.45) is 0 Å². The molecule has 0 amide bonds. The van der Waals surface area contributed by atoms with Crippen molar-refractivity contribution < 1.29 is 4.42 Å². The van der Waals surface area contributed by atoms with Gasteiger partial charge in [-0.2, -0.15) is 9.97 Å². The van der Waals surface area contributed by atoms with Crippen LogP contribution in [0.4, 0.5) is 0 Å². The maximum absolute atomic E-state index is 6.14. The van der Waals surface area contributed by atoms with E-state index in [0.717, 1.165) is 105 Å². The van der Waals surface area contributed by atoms with E-state index < -0.39 is 0 Å². The Bertz CT molecular complexity index is 3570. The zero-order valence-electron chi connectivity index (χ0n) is 29.1. The van der Waals surface area contributed by atoms with E-state index in [1.54, 1.807) is 0 Å². The zero-order chi connectivity index (χ0) is 35.8. The number of hydrogen-bond donors (Lipinski definition) is 0. The molecule has 1 aliphatic rings. The first kappa shape index (κ1) is 28.9. The monoisotopic (exact) mass is 702 g/mol. The molecule has 0 fully saturated rings. The molecule has 254 valence electrons. The third-order valence-electron chi connectivity index (χ3n) is 11.3. The lowest BCUT2D eigenvalue weighted by atomic mass is 10.0. The van der Waals surface area contributed by atoms with Gasteiger partial charge in [0.2, 0.25) is 11.9 Å². The van der Waals surface area contributed by atoms with Gasteiger partial charge in [-0.15, -0.1) is 0 Å². The molecule has 0 saturated carbocycles. The predicted molar refractivity (Wildman–Crippen MR) is 221 cm³/mol. The lowest BCUT2D eigenvalue weighted by Gasteiger charge is -2.11.